The summed E-state index contributed by atoms with van der Waals surface area (Å²) in [6, 6.07) is 3.49. The Kier molecular flexibility index (Phi) is 3.80. The van der Waals surface area contributed by atoms with Crippen LogP contribution in [0.4, 0.5) is 0 Å². The first-order valence-corrected chi connectivity index (χ1v) is 6.08. The lowest BCUT2D eigenvalue weighted by Crippen LogP contribution is -2.34. The van der Waals surface area contributed by atoms with E-state index in [1.165, 1.54) is 16.3 Å². The fraction of sp³-hybridized carbons (Fsp3) is 0.455. The van der Waals surface area contributed by atoms with Crippen LogP contribution in [0.3, 0.4) is 0 Å². The number of carboxylic acids is 1. The topological polar surface area (TPSA) is 59.3 Å². The van der Waals surface area contributed by atoms with Gasteiger partial charge >= 0.3 is 5.97 Å². The van der Waals surface area contributed by atoms with Crippen LogP contribution in [-0.2, 0) is 11.3 Å². The molecule has 0 radical (unpaired) electrons. The van der Waals surface area contributed by atoms with Crippen molar-refractivity contribution < 1.29 is 9.90 Å². The minimum atomic E-state index is -0.944. The number of rotatable bonds is 4. The normalized spacial score (nSPS) is 11.4. The highest BCUT2D eigenvalue weighted by Gasteiger charge is 2.28. The molecule has 1 rings (SSSR count). The predicted octanol–water partition coefficient (Wildman–Crippen LogP) is 1.68. The number of hydrogen-bond acceptors (Lipinski definition) is 3. The highest BCUT2D eigenvalue weighted by molar-refractivity contribution is 7.98. The number of aromatic nitrogens is 1. The average Bonchev–Trinajstić information content (AvgIpc) is 2.20. The number of carboxylic acid groups (broad SMARTS) is 1. The molecule has 0 aliphatic carbocycles. The van der Waals surface area contributed by atoms with Crippen molar-refractivity contribution in [3.63, 3.8) is 0 Å². The van der Waals surface area contributed by atoms with Gasteiger partial charge in [0, 0.05) is 12.7 Å². The Morgan fingerprint density at radius 3 is 2.69 bits per heavy atom. The molecule has 0 fully saturated rings. The van der Waals surface area contributed by atoms with Crippen molar-refractivity contribution >= 4 is 17.7 Å². The SMILES string of the molecule is CSc1cccn(CC(C)(C)C(=O)O)c1=O. The molecule has 0 amide bonds. The molecule has 1 aromatic heterocycles. The summed E-state index contributed by atoms with van der Waals surface area (Å²) in [6.07, 6.45) is 3.44. The number of carbonyl (C=O) groups is 1. The van der Waals surface area contributed by atoms with E-state index in [4.69, 9.17) is 5.11 Å². The molecule has 0 atom stereocenters. The summed E-state index contributed by atoms with van der Waals surface area (Å²) in [5, 5.41) is 9.00. The van der Waals surface area contributed by atoms with Crippen LogP contribution in [0.25, 0.3) is 0 Å². The van der Waals surface area contributed by atoms with E-state index in [0.29, 0.717) is 4.90 Å². The summed E-state index contributed by atoms with van der Waals surface area (Å²) in [5.74, 6) is -0.908. The third-order valence-electron chi connectivity index (χ3n) is 2.35. The number of nitrogens with zero attached hydrogens (tertiary/aromatic N) is 1. The second kappa shape index (κ2) is 4.74. The molecule has 1 heterocycles. The molecule has 1 aromatic rings. The Morgan fingerprint density at radius 2 is 2.19 bits per heavy atom. The third-order valence-corrected chi connectivity index (χ3v) is 3.10. The van der Waals surface area contributed by atoms with Crippen LogP contribution in [0.5, 0.6) is 0 Å². The summed E-state index contributed by atoms with van der Waals surface area (Å²) in [4.78, 5) is 23.4. The van der Waals surface area contributed by atoms with Gasteiger partial charge in [-0.05, 0) is 32.2 Å². The molecule has 0 unspecified atom stereocenters. The van der Waals surface area contributed by atoms with Gasteiger partial charge in [0.15, 0.2) is 0 Å². The first kappa shape index (κ1) is 12.8. The van der Waals surface area contributed by atoms with E-state index >= 15 is 0 Å². The molecule has 0 bridgehead atoms. The standard InChI is InChI=1S/C11H15NO3S/c1-11(2,10(14)15)7-12-6-4-5-8(16-3)9(12)13/h4-6H,7H2,1-3H3,(H,14,15). The zero-order valence-corrected chi connectivity index (χ0v) is 10.4. The van der Waals surface area contributed by atoms with Gasteiger partial charge in [0.1, 0.15) is 0 Å². The molecule has 16 heavy (non-hydrogen) atoms. The Morgan fingerprint density at radius 1 is 1.56 bits per heavy atom. The summed E-state index contributed by atoms with van der Waals surface area (Å²) in [7, 11) is 0. The van der Waals surface area contributed by atoms with Crippen LogP contribution in [0, 0.1) is 5.41 Å². The zero-order chi connectivity index (χ0) is 12.3. The number of pyridine rings is 1. The summed E-state index contributed by atoms with van der Waals surface area (Å²) in [5.41, 5.74) is -1.08. The van der Waals surface area contributed by atoms with Crippen molar-refractivity contribution in [2.24, 2.45) is 5.41 Å². The molecule has 0 saturated heterocycles. The van der Waals surface area contributed by atoms with Crippen LogP contribution in [0.15, 0.2) is 28.0 Å². The fourth-order valence-electron chi connectivity index (χ4n) is 1.29. The maximum atomic E-state index is 11.8. The van der Waals surface area contributed by atoms with Crippen LogP contribution in [0.2, 0.25) is 0 Å². The minimum Gasteiger partial charge on any atom is -0.481 e. The minimum absolute atomic E-state index is 0.135. The van der Waals surface area contributed by atoms with E-state index < -0.39 is 11.4 Å². The van der Waals surface area contributed by atoms with Crippen LogP contribution < -0.4 is 5.56 Å². The predicted molar refractivity (Wildman–Crippen MR) is 63.9 cm³/mol. The molecule has 4 nitrogen and oxygen atoms in total. The highest BCUT2D eigenvalue weighted by atomic mass is 32.2. The summed E-state index contributed by atoms with van der Waals surface area (Å²) >= 11 is 1.36. The van der Waals surface area contributed by atoms with Crippen molar-refractivity contribution in [3.8, 4) is 0 Å². The monoisotopic (exact) mass is 241 g/mol. The fourth-order valence-corrected chi connectivity index (χ4v) is 1.79. The lowest BCUT2D eigenvalue weighted by atomic mass is 9.94. The number of hydrogen-bond donors (Lipinski definition) is 1. The molecular weight excluding hydrogens is 226 g/mol. The van der Waals surface area contributed by atoms with Gasteiger partial charge in [-0.15, -0.1) is 11.8 Å². The first-order chi connectivity index (χ1) is 7.38. The van der Waals surface area contributed by atoms with Crippen molar-refractivity contribution in [3.05, 3.63) is 28.7 Å². The maximum absolute atomic E-state index is 11.8. The second-order valence-corrected chi connectivity index (χ2v) is 5.05. The van der Waals surface area contributed by atoms with Crippen molar-refractivity contribution in [2.45, 2.75) is 25.3 Å². The van der Waals surface area contributed by atoms with Gasteiger partial charge in [0.25, 0.3) is 5.56 Å². The van der Waals surface area contributed by atoms with Crippen LogP contribution >= 0.6 is 11.8 Å². The summed E-state index contributed by atoms with van der Waals surface area (Å²) < 4.78 is 1.44. The lowest BCUT2D eigenvalue weighted by Gasteiger charge is -2.20. The van der Waals surface area contributed by atoms with Crippen molar-refractivity contribution in [1.82, 2.24) is 4.57 Å². The molecule has 5 heteroatoms. The Bertz CT molecular complexity index is 451. The van der Waals surface area contributed by atoms with E-state index in [1.807, 2.05) is 6.26 Å². The molecule has 1 N–H and O–H groups in total. The highest BCUT2D eigenvalue weighted by Crippen LogP contribution is 2.18. The molecule has 88 valence electrons. The third kappa shape index (κ3) is 2.66. The molecule has 0 aliphatic rings. The van der Waals surface area contributed by atoms with Crippen molar-refractivity contribution in [2.75, 3.05) is 6.26 Å². The molecule has 0 aromatic carbocycles. The Balaban J connectivity index is 3.08. The molecule has 0 saturated carbocycles. The first-order valence-electron chi connectivity index (χ1n) is 4.85. The number of thioether (sulfide) groups is 1. The maximum Gasteiger partial charge on any atom is 0.310 e. The second-order valence-electron chi connectivity index (χ2n) is 4.20. The molecular formula is C11H15NO3S. The van der Waals surface area contributed by atoms with E-state index in [9.17, 15) is 9.59 Å². The number of aliphatic carboxylic acids is 1. The van der Waals surface area contributed by atoms with Gasteiger partial charge in [-0.25, -0.2) is 0 Å². The van der Waals surface area contributed by atoms with Gasteiger partial charge in [-0.3, -0.25) is 9.59 Å². The Hall–Kier alpha value is -1.23. The van der Waals surface area contributed by atoms with Gasteiger partial charge in [-0.1, -0.05) is 0 Å². The van der Waals surface area contributed by atoms with E-state index in [-0.39, 0.29) is 12.1 Å². The van der Waals surface area contributed by atoms with Crippen LogP contribution in [-0.4, -0.2) is 21.9 Å². The largest absolute Gasteiger partial charge is 0.481 e. The van der Waals surface area contributed by atoms with Crippen molar-refractivity contribution in [1.29, 1.82) is 0 Å². The van der Waals surface area contributed by atoms with E-state index in [1.54, 1.807) is 32.2 Å². The Labute approximate surface area is 98.3 Å². The van der Waals surface area contributed by atoms with E-state index in [0.717, 1.165) is 0 Å². The molecule has 0 aliphatic heterocycles. The lowest BCUT2D eigenvalue weighted by molar-refractivity contribution is -0.147. The van der Waals surface area contributed by atoms with Gasteiger partial charge in [0.05, 0.1) is 10.3 Å². The molecule has 0 spiro atoms. The zero-order valence-electron chi connectivity index (χ0n) is 9.56. The van der Waals surface area contributed by atoms with Gasteiger partial charge in [0.2, 0.25) is 0 Å². The quantitative estimate of drug-likeness (QED) is 0.815. The van der Waals surface area contributed by atoms with Gasteiger partial charge < -0.3 is 9.67 Å². The van der Waals surface area contributed by atoms with Crippen LogP contribution in [0.1, 0.15) is 13.8 Å². The average molecular weight is 241 g/mol. The van der Waals surface area contributed by atoms with Gasteiger partial charge in [-0.2, -0.15) is 0 Å². The van der Waals surface area contributed by atoms with E-state index in [2.05, 4.69) is 0 Å². The smallest absolute Gasteiger partial charge is 0.310 e. The summed E-state index contributed by atoms with van der Waals surface area (Å²) in [6.45, 7) is 3.39.